The Hall–Kier alpha value is -0.260. The molecule has 0 aromatic rings. The van der Waals surface area contributed by atoms with E-state index in [1.807, 2.05) is 0 Å². The molecular formula is C11H22. The second-order valence-corrected chi connectivity index (χ2v) is 4.47. The molecule has 0 amide bonds. The normalized spacial score (nSPS) is 14.3. The van der Waals surface area contributed by atoms with E-state index in [0.29, 0.717) is 11.3 Å². The van der Waals surface area contributed by atoms with E-state index >= 15 is 0 Å². The SMILES string of the molecule is CCC=C(C(C)C)C(C)(C)C. The number of rotatable bonds is 2. The molecule has 0 saturated carbocycles. The average molecular weight is 154 g/mol. The fourth-order valence-corrected chi connectivity index (χ4v) is 1.63. The predicted octanol–water partition coefficient (Wildman–Crippen LogP) is 4.02. The molecule has 0 nitrogen and oxygen atoms in total. The lowest BCUT2D eigenvalue weighted by molar-refractivity contribution is 0.446. The minimum atomic E-state index is 0.351. The Bertz CT molecular complexity index is 133. The third-order valence-corrected chi connectivity index (χ3v) is 1.91. The van der Waals surface area contributed by atoms with Crippen LogP contribution in [0.2, 0.25) is 0 Å². The monoisotopic (exact) mass is 154 g/mol. The highest BCUT2D eigenvalue weighted by atomic mass is 14.2. The van der Waals surface area contributed by atoms with Crippen molar-refractivity contribution >= 4 is 0 Å². The maximum atomic E-state index is 2.37. The summed E-state index contributed by atoms with van der Waals surface area (Å²) in [5.74, 6) is 0.690. The molecule has 0 aliphatic rings. The van der Waals surface area contributed by atoms with Crippen LogP contribution >= 0.6 is 0 Å². The fourth-order valence-electron chi connectivity index (χ4n) is 1.63. The number of allylic oxidation sites excluding steroid dienone is 2. The molecule has 0 saturated heterocycles. The van der Waals surface area contributed by atoms with Gasteiger partial charge < -0.3 is 0 Å². The Morgan fingerprint density at radius 1 is 1.27 bits per heavy atom. The van der Waals surface area contributed by atoms with Gasteiger partial charge in [-0.3, -0.25) is 0 Å². The first-order valence-corrected chi connectivity index (χ1v) is 4.60. The van der Waals surface area contributed by atoms with Crippen LogP contribution in [0.1, 0.15) is 48.0 Å². The van der Waals surface area contributed by atoms with Crippen LogP contribution in [0, 0.1) is 11.3 Å². The molecule has 11 heavy (non-hydrogen) atoms. The van der Waals surface area contributed by atoms with Gasteiger partial charge in [-0.15, -0.1) is 0 Å². The van der Waals surface area contributed by atoms with Crippen molar-refractivity contribution in [1.29, 1.82) is 0 Å². The topological polar surface area (TPSA) is 0 Å². The molecule has 0 aromatic heterocycles. The molecule has 0 spiro atoms. The summed E-state index contributed by atoms with van der Waals surface area (Å²) in [6, 6.07) is 0. The summed E-state index contributed by atoms with van der Waals surface area (Å²) in [5, 5.41) is 0. The van der Waals surface area contributed by atoms with Gasteiger partial charge in [0.1, 0.15) is 0 Å². The summed E-state index contributed by atoms with van der Waals surface area (Å²) < 4.78 is 0. The van der Waals surface area contributed by atoms with Gasteiger partial charge in [0, 0.05) is 0 Å². The van der Waals surface area contributed by atoms with E-state index in [-0.39, 0.29) is 0 Å². The number of hydrogen-bond acceptors (Lipinski definition) is 0. The van der Waals surface area contributed by atoms with Gasteiger partial charge in [-0.05, 0) is 17.8 Å². The Labute approximate surface area is 71.7 Å². The first-order valence-electron chi connectivity index (χ1n) is 4.60. The molecular weight excluding hydrogens is 132 g/mol. The van der Waals surface area contributed by atoms with Gasteiger partial charge in [0.15, 0.2) is 0 Å². The van der Waals surface area contributed by atoms with E-state index in [4.69, 9.17) is 0 Å². The van der Waals surface area contributed by atoms with Crippen molar-refractivity contribution in [3.05, 3.63) is 11.6 Å². The molecule has 0 atom stereocenters. The maximum Gasteiger partial charge on any atom is -0.0170 e. The zero-order chi connectivity index (χ0) is 9.07. The van der Waals surface area contributed by atoms with E-state index in [1.54, 1.807) is 5.57 Å². The smallest absolute Gasteiger partial charge is 0.0170 e. The van der Waals surface area contributed by atoms with Gasteiger partial charge in [0.05, 0.1) is 0 Å². The van der Waals surface area contributed by atoms with Crippen molar-refractivity contribution in [3.63, 3.8) is 0 Å². The minimum Gasteiger partial charge on any atom is -0.0848 e. The Balaban J connectivity index is 4.49. The van der Waals surface area contributed by atoms with Crippen LogP contribution in [0.3, 0.4) is 0 Å². The van der Waals surface area contributed by atoms with E-state index in [1.165, 1.54) is 0 Å². The van der Waals surface area contributed by atoms with Gasteiger partial charge in [0.2, 0.25) is 0 Å². The lowest BCUT2D eigenvalue weighted by Gasteiger charge is -2.26. The maximum absolute atomic E-state index is 2.37. The first kappa shape index (κ1) is 10.7. The summed E-state index contributed by atoms with van der Waals surface area (Å²) in [4.78, 5) is 0. The third kappa shape index (κ3) is 3.60. The van der Waals surface area contributed by atoms with Gasteiger partial charge in [-0.2, -0.15) is 0 Å². The molecule has 0 heterocycles. The first-order chi connectivity index (χ1) is 4.89. The van der Waals surface area contributed by atoms with Crippen LogP contribution in [0.5, 0.6) is 0 Å². The Morgan fingerprint density at radius 2 is 1.73 bits per heavy atom. The average Bonchev–Trinajstić information content (AvgIpc) is 1.79. The molecule has 0 bridgehead atoms. The molecule has 66 valence electrons. The Morgan fingerprint density at radius 3 is 1.82 bits per heavy atom. The van der Waals surface area contributed by atoms with Crippen molar-refractivity contribution in [2.45, 2.75) is 48.0 Å². The van der Waals surface area contributed by atoms with Crippen LogP contribution in [-0.2, 0) is 0 Å². The van der Waals surface area contributed by atoms with Crippen molar-refractivity contribution in [2.24, 2.45) is 11.3 Å². The second-order valence-electron chi connectivity index (χ2n) is 4.47. The number of hydrogen-bond donors (Lipinski definition) is 0. The summed E-state index contributed by atoms with van der Waals surface area (Å²) in [6.07, 6.45) is 3.52. The minimum absolute atomic E-state index is 0.351. The van der Waals surface area contributed by atoms with Gasteiger partial charge in [-0.1, -0.05) is 53.2 Å². The van der Waals surface area contributed by atoms with E-state index < -0.39 is 0 Å². The standard InChI is InChI=1S/C11H22/c1-7-8-10(9(2)3)11(4,5)6/h8-9H,7H2,1-6H3. The van der Waals surface area contributed by atoms with Crippen molar-refractivity contribution in [3.8, 4) is 0 Å². The van der Waals surface area contributed by atoms with Gasteiger partial charge >= 0.3 is 0 Å². The van der Waals surface area contributed by atoms with Crippen LogP contribution in [0.4, 0.5) is 0 Å². The lowest BCUT2D eigenvalue weighted by atomic mass is 9.79. The highest BCUT2D eigenvalue weighted by Crippen LogP contribution is 2.31. The van der Waals surface area contributed by atoms with E-state index in [2.05, 4.69) is 47.6 Å². The Kier molecular flexibility index (Phi) is 3.85. The molecule has 0 heteroatoms. The molecule has 0 rings (SSSR count). The molecule has 0 unspecified atom stereocenters. The van der Waals surface area contributed by atoms with Gasteiger partial charge in [0.25, 0.3) is 0 Å². The summed E-state index contributed by atoms with van der Waals surface area (Å²) in [6.45, 7) is 13.6. The van der Waals surface area contributed by atoms with Crippen LogP contribution in [0.15, 0.2) is 11.6 Å². The fraction of sp³-hybridized carbons (Fsp3) is 0.818. The van der Waals surface area contributed by atoms with Crippen molar-refractivity contribution in [2.75, 3.05) is 0 Å². The molecule has 0 aliphatic carbocycles. The zero-order valence-electron chi connectivity index (χ0n) is 8.86. The van der Waals surface area contributed by atoms with Gasteiger partial charge in [-0.25, -0.2) is 0 Å². The second kappa shape index (κ2) is 3.94. The summed E-state index contributed by atoms with van der Waals surface area (Å²) in [7, 11) is 0. The molecule has 0 aliphatic heterocycles. The predicted molar refractivity (Wildman–Crippen MR) is 52.7 cm³/mol. The van der Waals surface area contributed by atoms with E-state index in [9.17, 15) is 0 Å². The lowest BCUT2D eigenvalue weighted by Crippen LogP contribution is -2.14. The van der Waals surface area contributed by atoms with Crippen LogP contribution in [0.25, 0.3) is 0 Å². The quantitative estimate of drug-likeness (QED) is 0.527. The van der Waals surface area contributed by atoms with Crippen molar-refractivity contribution < 1.29 is 0 Å². The summed E-state index contributed by atoms with van der Waals surface area (Å²) in [5.41, 5.74) is 1.93. The van der Waals surface area contributed by atoms with Crippen molar-refractivity contribution in [1.82, 2.24) is 0 Å². The van der Waals surface area contributed by atoms with Crippen LogP contribution in [-0.4, -0.2) is 0 Å². The van der Waals surface area contributed by atoms with Crippen LogP contribution < -0.4 is 0 Å². The largest absolute Gasteiger partial charge is 0.0848 e. The van der Waals surface area contributed by atoms with E-state index in [0.717, 1.165) is 6.42 Å². The molecule has 0 N–H and O–H groups in total. The molecule has 0 radical (unpaired) electrons. The third-order valence-electron chi connectivity index (χ3n) is 1.91. The summed E-state index contributed by atoms with van der Waals surface area (Å²) >= 11 is 0. The highest BCUT2D eigenvalue weighted by molar-refractivity contribution is 5.12. The molecule has 0 fully saturated rings. The zero-order valence-corrected chi connectivity index (χ0v) is 8.86. The molecule has 0 aromatic carbocycles. The highest BCUT2D eigenvalue weighted by Gasteiger charge is 2.18.